The molecule has 3 rings (SSSR count). The fourth-order valence-corrected chi connectivity index (χ4v) is 3.15. The summed E-state index contributed by atoms with van der Waals surface area (Å²) < 4.78 is 34.4. The molecule has 2 aromatic carbocycles. The number of benzene rings is 2. The highest BCUT2D eigenvalue weighted by atomic mass is 32.2. The second-order valence-corrected chi connectivity index (χ2v) is 7.07. The van der Waals surface area contributed by atoms with Crippen LogP contribution in [0.4, 0.5) is 0 Å². The molecule has 0 aliphatic carbocycles. The van der Waals surface area contributed by atoms with E-state index in [1.54, 1.807) is 31.4 Å². The Bertz CT molecular complexity index is 965. The summed E-state index contributed by atoms with van der Waals surface area (Å²) in [6.45, 7) is 1.52. The number of ether oxygens (including phenoxy) is 2. The number of fused-ring (bicyclic) bond motifs is 1. The molecule has 10 heteroatoms. The van der Waals surface area contributed by atoms with Gasteiger partial charge in [0.1, 0.15) is 12.4 Å². The molecule has 2 atom stereocenters. The van der Waals surface area contributed by atoms with E-state index in [9.17, 15) is 13.9 Å². The molecule has 0 saturated heterocycles. The minimum absolute atomic E-state index is 0.185. The van der Waals surface area contributed by atoms with Crippen LogP contribution in [0, 0.1) is 0 Å². The molecule has 0 aliphatic rings. The SMILES string of the molecule is COc1n[nH]c2cc(OCCNCC(O)c3cccc(CNS(=O)[O-])c3)ccc12. The quantitative estimate of drug-likeness (QED) is 0.271. The number of nitrogens with one attached hydrogen (secondary N) is 3. The number of aliphatic hydroxyl groups is 1. The Balaban J connectivity index is 1.42. The molecule has 156 valence electrons. The third-order valence-electron chi connectivity index (χ3n) is 4.31. The molecule has 0 saturated carbocycles. The molecular formula is C19H23N4O5S-. The van der Waals surface area contributed by atoms with Crippen LogP contribution >= 0.6 is 0 Å². The third kappa shape index (κ3) is 5.99. The summed E-state index contributed by atoms with van der Waals surface area (Å²) in [6.07, 6.45) is -0.707. The maximum Gasteiger partial charge on any atom is 0.240 e. The second-order valence-electron chi connectivity index (χ2n) is 6.31. The highest BCUT2D eigenvalue weighted by Crippen LogP contribution is 2.25. The maximum atomic E-state index is 10.6. The Kier molecular flexibility index (Phi) is 7.55. The minimum Gasteiger partial charge on any atom is -0.760 e. The summed E-state index contributed by atoms with van der Waals surface area (Å²) in [7, 11) is 1.57. The molecule has 0 aliphatic heterocycles. The fraction of sp³-hybridized carbons (Fsp3) is 0.316. The Hall–Kier alpha value is -2.50. The summed E-state index contributed by atoms with van der Waals surface area (Å²) in [5.74, 6) is 1.26. The van der Waals surface area contributed by atoms with E-state index in [4.69, 9.17) is 9.47 Å². The van der Waals surface area contributed by atoms with Crippen molar-refractivity contribution in [3.05, 3.63) is 53.6 Å². The van der Waals surface area contributed by atoms with Crippen LogP contribution in [0.1, 0.15) is 17.2 Å². The molecule has 0 fully saturated rings. The lowest BCUT2D eigenvalue weighted by molar-refractivity contribution is 0.172. The predicted molar refractivity (Wildman–Crippen MR) is 108 cm³/mol. The van der Waals surface area contributed by atoms with Gasteiger partial charge in [-0.2, -0.15) is 0 Å². The van der Waals surface area contributed by atoms with Gasteiger partial charge >= 0.3 is 0 Å². The van der Waals surface area contributed by atoms with E-state index in [0.29, 0.717) is 36.9 Å². The van der Waals surface area contributed by atoms with Gasteiger partial charge in [0, 0.05) is 37.0 Å². The highest BCUT2D eigenvalue weighted by Gasteiger charge is 2.09. The number of aliphatic hydroxyl groups excluding tert-OH is 1. The van der Waals surface area contributed by atoms with Crippen LogP contribution in [-0.2, 0) is 17.8 Å². The molecule has 0 bridgehead atoms. The van der Waals surface area contributed by atoms with Crippen LogP contribution in [0.25, 0.3) is 10.9 Å². The monoisotopic (exact) mass is 419 g/mol. The van der Waals surface area contributed by atoms with E-state index in [-0.39, 0.29) is 6.54 Å². The zero-order chi connectivity index (χ0) is 20.6. The number of aromatic nitrogens is 2. The van der Waals surface area contributed by atoms with Crippen molar-refractivity contribution >= 4 is 22.2 Å². The number of hydrogen-bond donors (Lipinski definition) is 4. The Morgan fingerprint density at radius 2 is 2.17 bits per heavy atom. The molecular weight excluding hydrogens is 396 g/mol. The van der Waals surface area contributed by atoms with Crippen LogP contribution in [0.5, 0.6) is 11.6 Å². The molecule has 0 radical (unpaired) electrons. The van der Waals surface area contributed by atoms with E-state index >= 15 is 0 Å². The Morgan fingerprint density at radius 3 is 2.97 bits per heavy atom. The van der Waals surface area contributed by atoms with E-state index in [1.165, 1.54) is 0 Å². The predicted octanol–water partition coefficient (Wildman–Crippen LogP) is 1.16. The molecule has 0 amide bonds. The number of rotatable bonds is 11. The van der Waals surface area contributed by atoms with Crippen molar-refractivity contribution in [3.8, 4) is 11.6 Å². The Morgan fingerprint density at radius 1 is 1.31 bits per heavy atom. The lowest BCUT2D eigenvalue weighted by Gasteiger charge is -2.14. The standard InChI is InChI=1S/C19H24N4O5S/c1-27-19-16-6-5-15(10-17(16)22-23-19)28-8-7-20-12-18(24)14-4-2-3-13(9-14)11-21-29(25)26/h2-6,9-10,18,20-21,24H,7-8,11-12H2,1H3,(H,22,23)(H,25,26)/p-1. The molecule has 29 heavy (non-hydrogen) atoms. The zero-order valence-corrected chi connectivity index (χ0v) is 16.7. The summed E-state index contributed by atoms with van der Waals surface area (Å²) in [5, 5.41) is 21.3. The van der Waals surface area contributed by atoms with Gasteiger partial charge in [-0.3, -0.25) is 9.31 Å². The Labute approximate surface area is 170 Å². The summed E-state index contributed by atoms with van der Waals surface area (Å²) in [6, 6.07) is 12.7. The van der Waals surface area contributed by atoms with Crippen molar-refractivity contribution < 1.29 is 23.3 Å². The van der Waals surface area contributed by atoms with Crippen molar-refractivity contribution in [2.75, 3.05) is 26.8 Å². The van der Waals surface area contributed by atoms with E-state index in [1.807, 2.05) is 18.2 Å². The summed E-state index contributed by atoms with van der Waals surface area (Å²) in [4.78, 5) is 0. The smallest absolute Gasteiger partial charge is 0.240 e. The lowest BCUT2D eigenvalue weighted by atomic mass is 10.1. The molecule has 3 aromatic rings. The lowest BCUT2D eigenvalue weighted by Crippen LogP contribution is -2.26. The van der Waals surface area contributed by atoms with Crippen LogP contribution in [0.2, 0.25) is 0 Å². The van der Waals surface area contributed by atoms with Gasteiger partial charge < -0.3 is 24.4 Å². The zero-order valence-electron chi connectivity index (χ0n) is 15.9. The van der Waals surface area contributed by atoms with Crippen LogP contribution in [-0.4, -0.2) is 50.9 Å². The van der Waals surface area contributed by atoms with Crippen LogP contribution < -0.4 is 19.5 Å². The average Bonchev–Trinajstić information content (AvgIpc) is 3.14. The van der Waals surface area contributed by atoms with Crippen molar-refractivity contribution in [2.24, 2.45) is 0 Å². The number of H-pyrrole nitrogens is 1. The number of aromatic amines is 1. The number of methoxy groups -OCH3 is 1. The van der Waals surface area contributed by atoms with E-state index in [0.717, 1.165) is 16.5 Å². The first-order valence-electron chi connectivity index (χ1n) is 9.02. The fourth-order valence-electron chi connectivity index (χ4n) is 2.87. The molecule has 4 N–H and O–H groups in total. The van der Waals surface area contributed by atoms with Gasteiger partial charge in [0.25, 0.3) is 0 Å². The van der Waals surface area contributed by atoms with Crippen molar-refractivity contribution in [1.29, 1.82) is 0 Å². The average molecular weight is 419 g/mol. The van der Waals surface area contributed by atoms with Crippen molar-refractivity contribution in [3.63, 3.8) is 0 Å². The number of hydrogen-bond acceptors (Lipinski definition) is 7. The topological polar surface area (TPSA) is 132 Å². The molecule has 2 unspecified atom stereocenters. The van der Waals surface area contributed by atoms with Gasteiger partial charge in [-0.1, -0.05) is 24.3 Å². The normalized spacial score (nSPS) is 13.3. The molecule has 9 nitrogen and oxygen atoms in total. The van der Waals surface area contributed by atoms with E-state index in [2.05, 4.69) is 20.2 Å². The first kappa shape index (κ1) is 21.2. The van der Waals surface area contributed by atoms with Crippen LogP contribution in [0.15, 0.2) is 42.5 Å². The number of nitrogens with zero attached hydrogens (tertiary/aromatic N) is 1. The first-order chi connectivity index (χ1) is 14.1. The van der Waals surface area contributed by atoms with Gasteiger partial charge in [-0.15, -0.1) is 5.10 Å². The second kappa shape index (κ2) is 10.3. The largest absolute Gasteiger partial charge is 0.760 e. The molecule has 0 spiro atoms. The first-order valence-corrected chi connectivity index (χ1v) is 10.1. The summed E-state index contributed by atoms with van der Waals surface area (Å²) in [5.41, 5.74) is 2.32. The van der Waals surface area contributed by atoms with Gasteiger partial charge in [0.15, 0.2) is 0 Å². The molecule has 1 heterocycles. The van der Waals surface area contributed by atoms with Gasteiger partial charge in [0.2, 0.25) is 5.88 Å². The van der Waals surface area contributed by atoms with Crippen molar-refractivity contribution in [2.45, 2.75) is 12.6 Å². The van der Waals surface area contributed by atoms with Crippen LogP contribution in [0.3, 0.4) is 0 Å². The van der Waals surface area contributed by atoms with Gasteiger partial charge in [-0.25, -0.2) is 4.72 Å². The maximum absolute atomic E-state index is 10.6. The highest BCUT2D eigenvalue weighted by molar-refractivity contribution is 7.77. The van der Waals surface area contributed by atoms with Crippen molar-refractivity contribution in [1.82, 2.24) is 20.2 Å². The van der Waals surface area contributed by atoms with Gasteiger partial charge in [-0.05, 0) is 23.3 Å². The van der Waals surface area contributed by atoms with E-state index < -0.39 is 17.4 Å². The van der Waals surface area contributed by atoms with Gasteiger partial charge in [0.05, 0.1) is 24.1 Å². The molecule has 1 aromatic heterocycles. The third-order valence-corrected chi connectivity index (χ3v) is 4.69. The summed E-state index contributed by atoms with van der Waals surface area (Å²) >= 11 is -2.31. The minimum atomic E-state index is -2.31.